The highest BCUT2D eigenvalue weighted by Gasteiger charge is 2.23. The summed E-state index contributed by atoms with van der Waals surface area (Å²) in [6.45, 7) is 1.75. The number of amides is 2. The van der Waals surface area contributed by atoms with Crippen LogP contribution in [-0.2, 0) is 4.79 Å². The minimum atomic E-state index is -0.563. The van der Waals surface area contributed by atoms with Crippen LogP contribution in [-0.4, -0.2) is 11.8 Å². The van der Waals surface area contributed by atoms with Crippen LogP contribution >= 0.6 is 11.3 Å². The van der Waals surface area contributed by atoms with Gasteiger partial charge in [-0.05, 0) is 17.0 Å². The largest absolute Gasteiger partial charge is 0.366 e. The standard InChI is InChI=1S/C15H17N3O2S/c1-9(12(16)10-5-3-2-4-6-10)14(20)18-15-11(13(17)19)7-8-21-15/h2-9,12H,16H2,1H3,(H2,17,19)(H,18,20). The summed E-state index contributed by atoms with van der Waals surface area (Å²) >= 11 is 1.26. The van der Waals surface area contributed by atoms with Crippen LogP contribution in [0.5, 0.6) is 0 Å². The third-order valence-electron chi connectivity index (χ3n) is 3.30. The predicted molar refractivity (Wildman–Crippen MR) is 84.0 cm³/mol. The molecule has 21 heavy (non-hydrogen) atoms. The molecule has 0 bridgehead atoms. The maximum Gasteiger partial charge on any atom is 0.251 e. The number of hydrogen-bond donors (Lipinski definition) is 3. The van der Waals surface area contributed by atoms with Crippen LogP contribution in [0, 0.1) is 5.92 Å². The van der Waals surface area contributed by atoms with Crippen molar-refractivity contribution < 1.29 is 9.59 Å². The van der Waals surface area contributed by atoms with Gasteiger partial charge < -0.3 is 16.8 Å². The number of rotatable bonds is 5. The van der Waals surface area contributed by atoms with E-state index >= 15 is 0 Å². The van der Waals surface area contributed by atoms with Crippen molar-refractivity contribution in [1.29, 1.82) is 0 Å². The van der Waals surface area contributed by atoms with Gasteiger partial charge in [0, 0.05) is 6.04 Å². The molecule has 0 spiro atoms. The molecular formula is C15H17N3O2S. The first-order valence-corrected chi connectivity index (χ1v) is 7.37. The number of primary amides is 1. The highest BCUT2D eigenvalue weighted by atomic mass is 32.1. The number of benzene rings is 1. The number of carbonyl (C=O) groups is 2. The number of thiophene rings is 1. The van der Waals surface area contributed by atoms with Gasteiger partial charge in [-0.25, -0.2) is 0 Å². The Morgan fingerprint density at radius 2 is 1.86 bits per heavy atom. The predicted octanol–water partition coefficient (Wildman–Crippen LogP) is 2.12. The fourth-order valence-corrected chi connectivity index (χ4v) is 2.75. The first-order valence-electron chi connectivity index (χ1n) is 6.49. The Labute approximate surface area is 127 Å². The molecule has 2 aromatic rings. The molecule has 1 heterocycles. The van der Waals surface area contributed by atoms with Crippen LogP contribution < -0.4 is 16.8 Å². The molecule has 0 aliphatic heterocycles. The smallest absolute Gasteiger partial charge is 0.251 e. The molecule has 0 aliphatic rings. The number of nitrogens with one attached hydrogen (secondary N) is 1. The normalized spacial score (nSPS) is 13.4. The van der Waals surface area contributed by atoms with Gasteiger partial charge in [-0.3, -0.25) is 9.59 Å². The molecule has 5 nitrogen and oxygen atoms in total. The molecule has 0 saturated carbocycles. The molecule has 1 aromatic heterocycles. The topological polar surface area (TPSA) is 98.2 Å². The highest BCUT2D eigenvalue weighted by molar-refractivity contribution is 7.14. The Morgan fingerprint density at radius 3 is 2.48 bits per heavy atom. The van der Waals surface area contributed by atoms with Gasteiger partial charge in [-0.15, -0.1) is 11.3 Å². The van der Waals surface area contributed by atoms with E-state index in [-0.39, 0.29) is 5.91 Å². The van der Waals surface area contributed by atoms with E-state index in [2.05, 4.69) is 5.32 Å². The first kappa shape index (κ1) is 15.2. The molecule has 1 aromatic carbocycles. The van der Waals surface area contributed by atoms with E-state index in [1.54, 1.807) is 18.4 Å². The summed E-state index contributed by atoms with van der Waals surface area (Å²) in [4.78, 5) is 23.5. The lowest BCUT2D eigenvalue weighted by atomic mass is 9.95. The summed E-state index contributed by atoms with van der Waals surface area (Å²) < 4.78 is 0. The Bertz CT molecular complexity index is 639. The molecule has 0 fully saturated rings. The van der Waals surface area contributed by atoms with E-state index < -0.39 is 17.9 Å². The van der Waals surface area contributed by atoms with Crippen molar-refractivity contribution >= 4 is 28.2 Å². The summed E-state index contributed by atoms with van der Waals surface area (Å²) in [5.41, 5.74) is 12.6. The first-order chi connectivity index (χ1) is 10.0. The zero-order valence-electron chi connectivity index (χ0n) is 11.6. The Morgan fingerprint density at radius 1 is 1.19 bits per heavy atom. The van der Waals surface area contributed by atoms with Gasteiger partial charge in [-0.1, -0.05) is 37.3 Å². The van der Waals surface area contributed by atoms with Crippen LogP contribution in [0.25, 0.3) is 0 Å². The summed E-state index contributed by atoms with van der Waals surface area (Å²) in [6.07, 6.45) is 0. The maximum atomic E-state index is 12.3. The fraction of sp³-hybridized carbons (Fsp3) is 0.200. The second-order valence-electron chi connectivity index (χ2n) is 4.74. The molecule has 5 N–H and O–H groups in total. The molecule has 110 valence electrons. The van der Waals surface area contributed by atoms with Crippen molar-refractivity contribution in [2.45, 2.75) is 13.0 Å². The monoisotopic (exact) mass is 303 g/mol. The molecule has 2 atom stereocenters. The fourth-order valence-electron chi connectivity index (χ4n) is 1.95. The Hall–Kier alpha value is -2.18. The summed E-state index contributed by atoms with van der Waals surface area (Å²) in [5, 5.41) is 4.88. The van der Waals surface area contributed by atoms with Crippen molar-refractivity contribution in [3.63, 3.8) is 0 Å². The van der Waals surface area contributed by atoms with E-state index in [0.717, 1.165) is 5.56 Å². The Balaban J connectivity index is 2.09. The molecule has 2 amide bonds. The molecule has 0 aliphatic carbocycles. The molecular weight excluding hydrogens is 286 g/mol. The van der Waals surface area contributed by atoms with E-state index in [9.17, 15) is 9.59 Å². The van der Waals surface area contributed by atoms with Gasteiger partial charge in [0.05, 0.1) is 11.5 Å². The molecule has 0 saturated heterocycles. The third-order valence-corrected chi connectivity index (χ3v) is 4.13. The zero-order chi connectivity index (χ0) is 15.4. The van der Waals surface area contributed by atoms with Gasteiger partial charge in [-0.2, -0.15) is 0 Å². The van der Waals surface area contributed by atoms with Crippen LogP contribution in [0.1, 0.15) is 28.9 Å². The summed E-state index contributed by atoms with van der Waals surface area (Å²) in [5.74, 6) is -1.24. The van der Waals surface area contributed by atoms with Crippen molar-refractivity contribution in [2.24, 2.45) is 17.4 Å². The molecule has 2 rings (SSSR count). The van der Waals surface area contributed by atoms with Crippen molar-refractivity contribution in [1.82, 2.24) is 0 Å². The zero-order valence-corrected chi connectivity index (χ0v) is 12.4. The van der Waals surface area contributed by atoms with Crippen LogP contribution in [0.15, 0.2) is 41.8 Å². The van der Waals surface area contributed by atoms with E-state index in [1.807, 2.05) is 30.3 Å². The second kappa shape index (κ2) is 6.51. The lowest BCUT2D eigenvalue weighted by Gasteiger charge is -2.19. The molecule has 0 radical (unpaired) electrons. The van der Waals surface area contributed by atoms with E-state index in [0.29, 0.717) is 10.6 Å². The maximum absolute atomic E-state index is 12.3. The number of carbonyl (C=O) groups excluding carboxylic acids is 2. The number of nitrogens with two attached hydrogens (primary N) is 2. The van der Waals surface area contributed by atoms with Gasteiger partial charge in [0.1, 0.15) is 5.00 Å². The second-order valence-corrected chi connectivity index (χ2v) is 5.66. The van der Waals surface area contributed by atoms with Gasteiger partial charge in [0.25, 0.3) is 5.91 Å². The number of anilines is 1. The van der Waals surface area contributed by atoms with Crippen molar-refractivity contribution in [2.75, 3.05) is 5.32 Å². The third kappa shape index (κ3) is 3.48. The van der Waals surface area contributed by atoms with Gasteiger partial charge in [0.2, 0.25) is 5.91 Å². The van der Waals surface area contributed by atoms with Gasteiger partial charge in [0.15, 0.2) is 0 Å². The lowest BCUT2D eigenvalue weighted by molar-refractivity contribution is -0.120. The van der Waals surface area contributed by atoms with Crippen molar-refractivity contribution in [3.8, 4) is 0 Å². The van der Waals surface area contributed by atoms with E-state index in [1.165, 1.54) is 11.3 Å². The minimum absolute atomic E-state index is 0.240. The lowest BCUT2D eigenvalue weighted by Crippen LogP contribution is -2.30. The van der Waals surface area contributed by atoms with Gasteiger partial charge >= 0.3 is 0 Å². The molecule has 2 unspecified atom stereocenters. The van der Waals surface area contributed by atoms with E-state index in [4.69, 9.17) is 11.5 Å². The highest BCUT2D eigenvalue weighted by Crippen LogP contribution is 2.25. The quantitative estimate of drug-likeness (QED) is 0.789. The summed E-state index contributed by atoms with van der Waals surface area (Å²) in [6, 6.07) is 10.6. The number of hydrogen-bond acceptors (Lipinski definition) is 4. The average molecular weight is 303 g/mol. The van der Waals surface area contributed by atoms with Crippen LogP contribution in [0.4, 0.5) is 5.00 Å². The Kier molecular flexibility index (Phi) is 4.72. The summed E-state index contributed by atoms with van der Waals surface area (Å²) in [7, 11) is 0. The molecule has 6 heteroatoms. The minimum Gasteiger partial charge on any atom is -0.366 e. The van der Waals surface area contributed by atoms with Crippen LogP contribution in [0.3, 0.4) is 0 Å². The van der Waals surface area contributed by atoms with Crippen molar-refractivity contribution in [3.05, 3.63) is 52.9 Å². The van der Waals surface area contributed by atoms with Crippen LogP contribution in [0.2, 0.25) is 0 Å². The average Bonchev–Trinajstić information content (AvgIpc) is 2.95. The SMILES string of the molecule is CC(C(=O)Nc1sccc1C(N)=O)C(N)c1ccccc1.